The van der Waals surface area contributed by atoms with Gasteiger partial charge in [0.1, 0.15) is 0 Å². The molecule has 5 rings (SSSR count). The number of hydrazone groups is 1. The predicted molar refractivity (Wildman–Crippen MR) is 126 cm³/mol. The largest absolute Gasteiger partial charge is 0.274 e. The lowest BCUT2D eigenvalue weighted by atomic mass is 9.87. The minimum absolute atomic E-state index is 0.0317. The second-order valence-corrected chi connectivity index (χ2v) is 10.2. The molecular weight excluding hydrogens is 420 g/mol. The molecule has 3 aromatic carbocycles. The Bertz CT molecular complexity index is 1300. The zero-order valence-electron chi connectivity index (χ0n) is 17.3. The lowest BCUT2D eigenvalue weighted by Crippen LogP contribution is -2.38. The minimum atomic E-state index is -3.35. The number of carbonyl (C=O) groups is 1. The summed E-state index contributed by atoms with van der Waals surface area (Å²) in [6.07, 6.45) is 1.88. The molecule has 0 bridgehead atoms. The third-order valence-electron chi connectivity index (χ3n) is 5.86. The van der Waals surface area contributed by atoms with Crippen LogP contribution in [0.3, 0.4) is 0 Å². The maximum Gasteiger partial charge on any atom is 0.274 e. The molecule has 3 aromatic rings. The Morgan fingerprint density at radius 2 is 1.47 bits per heavy atom. The summed E-state index contributed by atoms with van der Waals surface area (Å²) in [6.45, 7) is 0. The van der Waals surface area contributed by atoms with Gasteiger partial charge in [0.2, 0.25) is 0 Å². The lowest BCUT2D eigenvalue weighted by molar-refractivity contribution is 0.0689. The van der Waals surface area contributed by atoms with E-state index < -0.39 is 21.8 Å². The van der Waals surface area contributed by atoms with E-state index in [4.69, 9.17) is 5.10 Å². The molecule has 32 heavy (non-hydrogen) atoms. The summed E-state index contributed by atoms with van der Waals surface area (Å²) in [6, 6.07) is 27.7. The summed E-state index contributed by atoms with van der Waals surface area (Å²) in [5.41, 5.74) is 3.63. The Morgan fingerprint density at radius 1 is 0.875 bits per heavy atom. The van der Waals surface area contributed by atoms with Crippen LogP contribution in [0.4, 0.5) is 0 Å². The van der Waals surface area contributed by atoms with Crippen molar-refractivity contribution in [2.75, 3.05) is 11.5 Å². The minimum Gasteiger partial charge on any atom is -0.267 e. The standard InChI is InChI=1S/C26H22N2O3S/c29-26(21-14-8-3-9-15-21)28-25(20-12-6-2-7-13-20)23-18-32(30,31)17-22(24(23)27-28)16-19-10-4-1-5-11-19/h1-16,23,25H,17-18H2. The lowest BCUT2D eigenvalue weighted by Gasteiger charge is -2.29. The van der Waals surface area contributed by atoms with Crippen molar-refractivity contribution in [1.82, 2.24) is 5.01 Å². The number of hydrogen-bond donors (Lipinski definition) is 0. The van der Waals surface area contributed by atoms with Crippen LogP contribution in [0.1, 0.15) is 27.5 Å². The molecule has 0 aromatic heterocycles. The van der Waals surface area contributed by atoms with Crippen LogP contribution >= 0.6 is 0 Å². The second-order valence-electron chi connectivity index (χ2n) is 8.10. The molecule has 5 nitrogen and oxygen atoms in total. The van der Waals surface area contributed by atoms with Crippen LogP contribution in [0.5, 0.6) is 0 Å². The topological polar surface area (TPSA) is 66.8 Å². The summed E-state index contributed by atoms with van der Waals surface area (Å²) in [4.78, 5) is 13.5. The van der Waals surface area contributed by atoms with Gasteiger partial charge in [0, 0.05) is 11.5 Å². The van der Waals surface area contributed by atoms with Crippen LogP contribution in [0.2, 0.25) is 0 Å². The van der Waals surface area contributed by atoms with E-state index in [1.54, 1.807) is 12.1 Å². The van der Waals surface area contributed by atoms with E-state index in [2.05, 4.69) is 0 Å². The van der Waals surface area contributed by atoms with Crippen LogP contribution < -0.4 is 0 Å². The summed E-state index contributed by atoms with van der Waals surface area (Å²) < 4.78 is 25.8. The highest BCUT2D eigenvalue weighted by molar-refractivity contribution is 7.91. The molecule has 2 aliphatic heterocycles. The number of carbonyl (C=O) groups excluding carboxylic acids is 1. The molecule has 0 aliphatic carbocycles. The Kier molecular flexibility index (Phi) is 5.23. The van der Waals surface area contributed by atoms with Crippen molar-refractivity contribution in [3.8, 4) is 0 Å². The summed E-state index contributed by atoms with van der Waals surface area (Å²) in [5, 5.41) is 6.23. The van der Waals surface area contributed by atoms with Gasteiger partial charge in [-0.05, 0) is 34.9 Å². The smallest absolute Gasteiger partial charge is 0.267 e. The number of rotatable bonds is 3. The molecule has 6 heteroatoms. The van der Waals surface area contributed by atoms with E-state index in [0.717, 1.165) is 11.1 Å². The number of amides is 1. The summed E-state index contributed by atoms with van der Waals surface area (Å²) in [7, 11) is -3.35. The van der Waals surface area contributed by atoms with Gasteiger partial charge in [0.25, 0.3) is 5.91 Å². The molecule has 2 unspecified atom stereocenters. The van der Waals surface area contributed by atoms with Gasteiger partial charge < -0.3 is 0 Å². The monoisotopic (exact) mass is 442 g/mol. The quantitative estimate of drug-likeness (QED) is 0.605. The van der Waals surface area contributed by atoms with Crippen LogP contribution in [0.15, 0.2) is 102 Å². The molecule has 2 atom stereocenters. The Balaban J connectivity index is 1.64. The molecule has 2 aliphatic rings. The number of sulfone groups is 1. The highest BCUT2D eigenvalue weighted by atomic mass is 32.2. The van der Waals surface area contributed by atoms with Gasteiger partial charge in [-0.15, -0.1) is 0 Å². The fourth-order valence-electron chi connectivity index (χ4n) is 4.46. The first-order valence-corrected chi connectivity index (χ1v) is 12.3. The molecule has 1 fully saturated rings. The van der Waals surface area contributed by atoms with Gasteiger partial charge in [-0.25, -0.2) is 13.4 Å². The van der Waals surface area contributed by atoms with Crippen molar-refractivity contribution in [3.05, 3.63) is 113 Å². The van der Waals surface area contributed by atoms with Crippen LogP contribution in [0.25, 0.3) is 6.08 Å². The zero-order chi connectivity index (χ0) is 22.1. The third kappa shape index (κ3) is 3.89. The Morgan fingerprint density at radius 3 is 2.12 bits per heavy atom. The van der Waals surface area contributed by atoms with Crippen molar-refractivity contribution in [1.29, 1.82) is 0 Å². The molecular formula is C26H22N2O3S. The number of hydrogen-bond acceptors (Lipinski definition) is 4. The van der Waals surface area contributed by atoms with Gasteiger partial charge in [0.15, 0.2) is 9.84 Å². The molecule has 0 saturated carbocycles. The number of fused-ring (bicyclic) bond motifs is 1. The van der Waals surface area contributed by atoms with E-state index in [1.165, 1.54) is 5.01 Å². The first kappa shape index (κ1) is 20.4. The molecule has 0 radical (unpaired) electrons. The van der Waals surface area contributed by atoms with Gasteiger partial charge in [-0.2, -0.15) is 5.10 Å². The number of nitrogens with zero attached hydrogens (tertiary/aromatic N) is 2. The second kappa shape index (κ2) is 8.20. The van der Waals surface area contributed by atoms with Crippen molar-refractivity contribution >= 4 is 27.5 Å². The van der Waals surface area contributed by atoms with Crippen LogP contribution in [-0.2, 0) is 9.84 Å². The molecule has 0 spiro atoms. The summed E-state index contributed by atoms with van der Waals surface area (Å²) >= 11 is 0. The van der Waals surface area contributed by atoms with E-state index in [9.17, 15) is 13.2 Å². The normalized spacial score (nSPS) is 22.9. The van der Waals surface area contributed by atoms with Gasteiger partial charge in [-0.1, -0.05) is 78.9 Å². The molecule has 1 saturated heterocycles. The van der Waals surface area contributed by atoms with E-state index in [-0.39, 0.29) is 17.4 Å². The number of benzene rings is 3. The zero-order valence-corrected chi connectivity index (χ0v) is 18.2. The van der Waals surface area contributed by atoms with Crippen molar-refractivity contribution in [3.63, 3.8) is 0 Å². The van der Waals surface area contributed by atoms with Gasteiger partial charge >= 0.3 is 0 Å². The molecule has 2 heterocycles. The average molecular weight is 443 g/mol. The maximum absolute atomic E-state index is 13.5. The molecule has 160 valence electrons. The SMILES string of the molecule is O=C(c1ccccc1)N1N=C2C(=Cc3ccccc3)CS(=O)(=O)CC2C1c1ccccc1. The highest BCUT2D eigenvalue weighted by Crippen LogP contribution is 2.42. The maximum atomic E-state index is 13.5. The summed E-state index contributed by atoms with van der Waals surface area (Å²) in [5.74, 6) is -0.765. The first-order chi connectivity index (χ1) is 15.5. The first-order valence-electron chi connectivity index (χ1n) is 10.5. The highest BCUT2D eigenvalue weighted by Gasteiger charge is 2.47. The van der Waals surface area contributed by atoms with Crippen molar-refractivity contribution < 1.29 is 13.2 Å². The van der Waals surface area contributed by atoms with Crippen molar-refractivity contribution in [2.45, 2.75) is 6.04 Å². The van der Waals surface area contributed by atoms with E-state index in [1.807, 2.05) is 84.9 Å². The molecule has 1 amide bonds. The van der Waals surface area contributed by atoms with Crippen LogP contribution in [0, 0.1) is 5.92 Å². The van der Waals surface area contributed by atoms with Gasteiger partial charge in [0.05, 0.1) is 23.3 Å². The van der Waals surface area contributed by atoms with E-state index >= 15 is 0 Å². The van der Waals surface area contributed by atoms with Crippen LogP contribution in [-0.4, -0.2) is 36.6 Å². The third-order valence-corrected chi connectivity index (χ3v) is 7.48. The Hall–Kier alpha value is -3.51. The van der Waals surface area contributed by atoms with E-state index in [0.29, 0.717) is 16.8 Å². The van der Waals surface area contributed by atoms with Gasteiger partial charge in [-0.3, -0.25) is 4.79 Å². The fourth-order valence-corrected chi connectivity index (χ4v) is 6.17. The fraction of sp³-hybridized carbons (Fsp3) is 0.154. The predicted octanol–water partition coefficient (Wildman–Crippen LogP) is 4.37. The van der Waals surface area contributed by atoms with Crippen molar-refractivity contribution in [2.24, 2.45) is 11.0 Å². The Labute approximate surface area is 187 Å². The molecule has 0 N–H and O–H groups in total. The average Bonchev–Trinajstić information content (AvgIpc) is 3.19.